The van der Waals surface area contributed by atoms with Crippen LogP contribution in [0.25, 0.3) is 10.6 Å². The normalized spacial score (nSPS) is 11.2. The number of ether oxygens (including phenoxy) is 1. The molecule has 0 N–H and O–H groups in total. The molecule has 0 bridgehead atoms. The Morgan fingerprint density at radius 2 is 1.73 bits per heavy atom. The first-order valence-corrected chi connectivity index (χ1v) is 10.5. The van der Waals surface area contributed by atoms with E-state index >= 15 is 0 Å². The number of aromatic nitrogens is 3. The van der Waals surface area contributed by atoms with Gasteiger partial charge in [0.25, 0.3) is 5.56 Å². The molecule has 0 saturated heterocycles. The number of carbonyl (C=O) groups excluding carboxylic acids is 1. The number of aryl methyl sites for hydroxylation is 4. The zero-order valence-electron chi connectivity index (χ0n) is 17.6. The summed E-state index contributed by atoms with van der Waals surface area (Å²) in [5, 5.41) is 0.858. The number of nitrogens with zero attached hydrogens (tertiary/aromatic N) is 3. The Morgan fingerprint density at radius 1 is 1.03 bits per heavy atom. The van der Waals surface area contributed by atoms with Gasteiger partial charge in [-0.05, 0) is 64.4 Å². The minimum Gasteiger partial charge on any atom is -0.455 e. The number of pyridine rings is 1. The highest BCUT2D eigenvalue weighted by Gasteiger charge is 2.23. The van der Waals surface area contributed by atoms with Gasteiger partial charge in [-0.25, -0.2) is 9.78 Å². The van der Waals surface area contributed by atoms with Crippen molar-refractivity contribution in [3.63, 3.8) is 0 Å². The summed E-state index contributed by atoms with van der Waals surface area (Å²) in [6.45, 7) is 9.76. The van der Waals surface area contributed by atoms with Crippen LogP contribution in [0.4, 0.5) is 0 Å². The summed E-state index contributed by atoms with van der Waals surface area (Å²) in [5.74, 6) is -0.411. The van der Waals surface area contributed by atoms with Crippen molar-refractivity contribution in [2.45, 2.75) is 41.2 Å². The summed E-state index contributed by atoms with van der Waals surface area (Å²) in [7, 11) is 0. The molecule has 0 aliphatic heterocycles. The van der Waals surface area contributed by atoms with E-state index in [4.69, 9.17) is 4.74 Å². The van der Waals surface area contributed by atoms with Crippen LogP contribution in [-0.4, -0.2) is 19.9 Å². The summed E-state index contributed by atoms with van der Waals surface area (Å²) >= 11 is 1.58. The number of rotatable bonds is 4. The Hall–Kier alpha value is -3.19. The van der Waals surface area contributed by atoms with Crippen LogP contribution >= 0.6 is 11.3 Å². The van der Waals surface area contributed by atoms with Gasteiger partial charge in [0.2, 0.25) is 0 Å². The first kappa shape index (κ1) is 20.1. The molecule has 7 heteroatoms. The van der Waals surface area contributed by atoms with E-state index < -0.39 is 5.97 Å². The molecule has 0 aliphatic rings. The van der Waals surface area contributed by atoms with Crippen LogP contribution in [0.15, 0.2) is 41.2 Å². The van der Waals surface area contributed by atoms with E-state index in [1.165, 1.54) is 10.5 Å². The zero-order chi connectivity index (χ0) is 21.6. The van der Waals surface area contributed by atoms with Crippen LogP contribution in [0, 0.1) is 34.6 Å². The molecular formula is C23H23N3O3S. The number of esters is 1. The zero-order valence-corrected chi connectivity index (χ0v) is 18.5. The Kier molecular flexibility index (Phi) is 5.07. The van der Waals surface area contributed by atoms with Gasteiger partial charge in [-0.15, -0.1) is 11.3 Å². The molecule has 30 heavy (non-hydrogen) atoms. The lowest BCUT2D eigenvalue weighted by Gasteiger charge is -2.11. The van der Waals surface area contributed by atoms with Crippen molar-refractivity contribution in [1.29, 1.82) is 0 Å². The van der Waals surface area contributed by atoms with Crippen LogP contribution in [0.2, 0.25) is 0 Å². The van der Waals surface area contributed by atoms with E-state index in [1.807, 2.05) is 58.9 Å². The Bertz CT molecular complexity index is 1320. The third-order valence-electron chi connectivity index (χ3n) is 5.33. The fraction of sp³-hybridized carbons (Fsp3) is 0.261. The van der Waals surface area contributed by atoms with E-state index in [2.05, 4.69) is 9.55 Å². The molecule has 0 aliphatic carbocycles. The van der Waals surface area contributed by atoms with Gasteiger partial charge in [0.15, 0.2) is 0 Å². The predicted octanol–water partition coefficient (Wildman–Crippen LogP) is 4.45. The summed E-state index contributed by atoms with van der Waals surface area (Å²) < 4.78 is 9.21. The largest absolute Gasteiger partial charge is 0.455 e. The SMILES string of the molecule is Cc1sc(-n2c(C)ccc2C)c(C(=O)OCc2cc(=O)n3c(C)cccc3n2)c1C. The first-order valence-electron chi connectivity index (χ1n) is 9.68. The molecule has 4 heterocycles. The predicted molar refractivity (Wildman–Crippen MR) is 118 cm³/mol. The van der Waals surface area contributed by atoms with Crippen LogP contribution < -0.4 is 5.56 Å². The second-order valence-electron chi connectivity index (χ2n) is 7.44. The first-order chi connectivity index (χ1) is 14.3. The molecule has 4 aromatic rings. The maximum absolute atomic E-state index is 13.1. The van der Waals surface area contributed by atoms with Crippen molar-refractivity contribution in [3.8, 4) is 5.00 Å². The quantitative estimate of drug-likeness (QED) is 0.457. The van der Waals surface area contributed by atoms with Gasteiger partial charge >= 0.3 is 5.97 Å². The van der Waals surface area contributed by atoms with Crippen molar-refractivity contribution in [3.05, 3.63) is 85.5 Å². The highest BCUT2D eigenvalue weighted by atomic mass is 32.1. The average Bonchev–Trinajstić information content (AvgIpc) is 3.17. The monoisotopic (exact) mass is 421 g/mol. The molecule has 0 atom stereocenters. The maximum atomic E-state index is 13.1. The lowest BCUT2D eigenvalue weighted by Crippen LogP contribution is -2.18. The molecule has 6 nitrogen and oxygen atoms in total. The summed E-state index contributed by atoms with van der Waals surface area (Å²) in [6.07, 6.45) is 0. The van der Waals surface area contributed by atoms with Gasteiger partial charge in [0.05, 0.1) is 11.3 Å². The molecule has 0 fully saturated rings. The third-order valence-corrected chi connectivity index (χ3v) is 6.52. The second-order valence-corrected chi connectivity index (χ2v) is 8.64. The second kappa shape index (κ2) is 7.57. The van der Waals surface area contributed by atoms with Crippen molar-refractivity contribution in [1.82, 2.24) is 14.0 Å². The van der Waals surface area contributed by atoms with E-state index in [0.717, 1.165) is 32.5 Å². The van der Waals surface area contributed by atoms with Crippen LogP contribution in [0.1, 0.15) is 43.6 Å². The molecule has 0 unspecified atom stereocenters. The van der Waals surface area contributed by atoms with Gasteiger partial charge in [-0.1, -0.05) is 6.07 Å². The number of fused-ring (bicyclic) bond motifs is 1. The van der Waals surface area contributed by atoms with Crippen molar-refractivity contribution in [2.24, 2.45) is 0 Å². The van der Waals surface area contributed by atoms with Crippen LogP contribution in [0.3, 0.4) is 0 Å². The minimum absolute atomic E-state index is 0.0596. The fourth-order valence-electron chi connectivity index (χ4n) is 3.64. The standard InChI is InChI=1S/C23H23N3O3S/c1-13-7-6-8-19-24-18(11-20(27)26(13)19)12-29-23(28)21-16(4)17(5)30-22(21)25-14(2)9-10-15(25)3/h6-11H,12H2,1-5H3. The maximum Gasteiger partial charge on any atom is 0.341 e. The van der Waals surface area contributed by atoms with Crippen molar-refractivity contribution in [2.75, 3.05) is 0 Å². The molecule has 4 rings (SSSR count). The molecule has 0 radical (unpaired) electrons. The number of carbonyl (C=O) groups is 1. The minimum atomic E-state index is -0.411. The topological polar surface area (TPSA) is 65.6 Å². The summed E-state index contributed by atoms with van der Waals surface area (Å²) in [4.78, 5) is 31.1. The Labute approximate surface area is 178 Å². The highest BCUT2D eigenvalue weighted by Crippen LogP contribution is 2.33. The summed E-state index contributed by atoms with van der Waals surface area (Å²) in [6, 6.07) is 10.9. The molecule has 0 aromatic carbocycles. The van der Waals surface area contributed by atoms with E-state index in [9.17, 15) is 9.59 Å². The van der Waals surface area contributed by atoms with Gasteiger partial charge < -0.3 is 9.30 Å². The van der Waals surface area contributed by atoms with Crippen LogP contribution in [0.5, 0.6) is 0 Å². The smallest absolute Gasteiger partial charge is 0.341 e. The van der Waals surface area contributed by atoms with E-state index in [0.29, 0.717) is 16.9 Å². The summed E-state index contributed by atoms with van der Waals surface area (Å²) in [5.41, 5.74) is 5.17. The number of hydrogen-bond donors (Lipinski definition) is 0. The average molecular weight is 422 g/mol. The van der Waals surface area contributed by atoms with Gasteiger partial charge in [0.1, 0.15) is 17.3 Å². The molecule has 0 saturated carbocycles. The van der Waals surface area contributed by atoms with Gasteiger partial charge in [0, 0.05) is 28.0 Å². The van der Waals surface area contributed by atoms with Gasteiger partial charge in [-0.2, -0.15) is 0 Å². The molecular weight excluding hydrogens is 398 g/mol. The number of hydrogen-bond acceptors (Lipinski definition) is 5. The lowest BCUT2D eigenvalue weighted by atomic mass is 10.1. The van der Waals surface area contributed by atoms with Crippen molar-refractivity contribution >= 4 is 23.0 Å². The Morgan fingerprint density at radius 3 is 2.43 bits per heavy atom. The van der Waals surface area contributed by atoms with Gasteiger partial charge in [-0.3, -0.25) is 9.20 Å². The van der Waals surface area contributed by atoms with Crippen LogP contribution in [-0.2, 0) is 11.3 Å². The van der Waals surface area contributed by atoms with Crippen molar-refractivity contribution < 1.29 is 9.53 Å². The van der Waals surface area contributed by atoms with E-state index in [-0.39, 0.29) is 12.2 Å². The molecule has 4 aromatic heterocycles. The number of thiophene rings is 1. The molecule has 0 spiro atoms. The Balaban J connectivity index is 1.66. The third kappa shape index (κ3) is 3.35. The fourth-order valence-corrected chi connectivity index (χ4v) is 4.91. The lowest BCUT2D eigenvalue weighted by molar-refractivity contribution is 0.0467. The molecule has 0 amide bonds. The highest BCUT2D eigenvalue weighted by molar-refractivity contribution is 7.15. The van der Waals surface area contributed by atoms with E-state index in [1.54, 1.807) is 17.4 Å². The molecule has 154 valence electrons.